The minimum atomic E-state index is -0.698. The van der Waals surface area contributed by atoms with Crippen molar-refractivity contribution in [1.82, 2.24) is 0 Å². The first-order valence-corrected chi connectivity index (χ1v) is 12.1. The number of unbranched alkanes of at least 4 members (excludes halogenated alkanes) is 2. The highest BCUT2D eigenvalue weighted by Gasteiger charge is 2.22. The van der Waals surface area contributed by atoms with Crippen molar-refractivity contribution >= 4 is 5.97 Å². The Balaban J connectivity index is 1.49. The second-order valence-electron chi connectivity index (χ2n) is 8.77. The van der Waals surface area contributed by atoms with Gasteiger partial charge >= 0.3 is 5.97 Å². The standard InChI is InChI=1S/C28H35FO5/c1-3-4-5-6-21-7-13-26(34-19-21)23-10-8-22(9-11-23)24-12-14-27(25(29)17-24)32-15-16-33-28(31)20(2)18-30/h8-12,14,17,21,26,30H,2-7,13,15-16,18-19H2,1H3. The van der Waals surface area contributed by atoms with Gasteiger partial charge in [-0.05, 0) is 54.0 Å². The minimum Gasteiger partial charge on any atom is -0.487 e. The molecule has 0 bridgehead atoms. The fraction of sp³-hybridized carbons (Fsp3) is 0.464. The Morgan fingerprint density at radius 3 is 2.53 bits per heavy atom. The van der Waals surface area contributed by atoms with Crippen LogP contribution in [0, 0.1) is 11.7 Å². The van der Waals surface area contributed by atoms with Gasteiger partial charge in [-0.2, -0.15) is 0 Å². The van der Waals surface area contributed by atoms with E-state index in [1.807, 2.05) is 12.1 Å². The predicted molar refractivity (Wildman–Crippen MR) is 130 cm³/mol. The predicted octanol–water partition coefficient (Wildman–Crippen LogP) is 6.01. The van der Waals surface area contributed by atoms with Crippen molar-refractivity contribution in [2.75, 3.05) is 26.4 Å². The number of ether oxygens (including phenoxy) is 3. The molecule has 0 radical (unpaired) electrons. The van der Waals surface area contributed by atoms with E-state index in [-0.39, 0.29) is 30.6 Å². The summed E-state index contributed by atoms with van der Waals surface area (Å²) >= 11 is 0. The smallest absolute Gasteiger partial charge is 0.335 e. The van der Waals surface area contributed by atoms with Gasteiger partial charge in [-0.15, -0.1) is 0 Å². The largest absolute Gasteiger partial charge is 0.487 e. The van der Waals surface area contributed by atoms with E-state index in [1.54, 1.807) is 12.1 Å². The molecule has 6 heteroatoms. The zero-order chi connectivity index (χ0) is 24.3. The summed E-state index contributed by atoms with van der Waals surface area (Å²) < 4.78 is 30.9. The second kappa shape index (κ2) is 13.3. The molecule has 1 fully saturated rings. The third-order valence-electron chi connectivity index (χ3n) is 6.19. The molecule has 3 rings (SSSR count). The van der Waals surface area contributed by atoms with Crippen molar-refractivity contribution in [2.45, 2.75) is 51.6 Å². The molecule has 1 aliphatic heterocycles. The highest BCUT2D eigenvalue weighted by molar-refractivity contribution is 5.87. The molecule has 1 aliphatic rings. The molecule has 2 atom stereocenters. The van der Waals surface area contributed by atoms with Gasteiger partial charge in [0, 0.05) is 0 Å². The average molecular weight is 471 g/mol. The molecule has 0 spiro atoms. The Hall–Kier alpha value is -2.70. The number of aliphatic hydroxyl groups excluding tert-OH is 1. The Labute approximate surface area is 201 Å². The Kier molecular flexibility index (Phi) is 10.1. The minimum absolute atomic E-state index is 0.00371. The summed E-state index contributed by atoms with van der Waals surface area (Å²) in [6.07, 6.45) is 7.48. The lowest BCUT2D eigenvalue weighted by atomic mass is 9.90. The van der Waals surface area contributed by atoms with Crippen LogP contribution in [0.15, 0.2) is 54.6 Å². The first kappa shape index (κ1) is 25.9. The number of esters is 1. The molecule has 1 saturated heterocycles. The SMILES string of the molecule is C=C(CO)C(=O)OCCOc1ccc(-c2ccc(C3CCC(CCCCC)CO3)cc2)cc1F. The van der Waals surface area contributed by atoms with Crippen molar-refractivity contribution in [1.29, 1.82) is 0 Å². The van der Waals surface area contributed by atoms with Crippen LogP contribution in [-0.4, -0.2) is 37.5 Å². The van der Waals surface area contributed by atoms with Crippen LogP contribution in [0.25, 0.3) is 11.1 Å². The summed E-state index contributed by atoms with van der Waals surface area (Å²) in [6, 6.07) is 12.9. The molecule has 0 aromatic heterocycles. The molecule has 0 aliphatic carbocycles. The van der Waals surface area contributed by atoms with Gasteiger partial charge in [0.25, 0.3) is 0 Å². The van der Waals surface area contributed by atoms with Crippen LogP contribution in [0.3, 0.4) is 0 Å². The van der Waals surface area contributed by atoms with Crippen LogP contribution in [0.4, 0.5) is 4.39 Å². The summed E-state index contributed by atoms with van der Waals surface area (Å²) in [7, 11) is 0. The van der Waals surface area contributed by atoms with E-state index in [0.29, 0.717) is 5.92 Å². The number of carbonyl (C=O) groups is 1. The van der Waals surface area contributed by atoms with Crippen molar-refractivity contribution in [2.24, 2.45) is 5.92 Å². The lowest BCUT2D eigenvalue weighted by molar-refractivity contribution is -0.140. The van der Waals surface area contributed by atoms with E-state index in [2.05, 4.69) is 25.6 Å². The third-order valence-corrected chi connectivity index (χ3v) is 6.19. The average Bonchev–Trinajstić information content (AvgIpc) is 2.87. The van der Waals surface area contributed by atoms with Crippen molar-refractivity contribution in [3.63, 3.8) is 0 Å². The van der Waals surface area contributed by atoms with E-state index in [1.165, 1.54) is 38.2 Å². The summed E-state index contributed by atoms with van der Waals surface area (Å²) in [5.41, 5.74) is 2.79. The molecule has 1 heterocycles. The maximum Gasteiger partial charge on any atom is 0.335 e. The summed E-state index contributed by atoms with van der Waals surface area (Å²) in [5.74, 6) is -0.424. The molecular formula is C28H35FO5. The zero-order valence-corrected chi connectivity index (χ0v) is 19.9. The van der Waals surface area contributed by atoms with E-state index in [4.69, 9.17) is 19.3 Å². The lowest BCUT2D eigenvalue weighted by Crippen LogP contribution is -2.20. The quantitative estimate of drug-likeness (QED) is 0.234. The molecule has 184 valence electrons. The molecular weight excluding hydrogens is 435 g/mol. The van der Waals surface area contributed by atoms with Crippen molar-refractivity contribution in [3.8, 4) is 16.9 Å². The highest BCUT2D eigenvalue weighted by atomic mass is 19.1. The van der Waals surface area contributed by atoms with Crippen LogP contribution < -0.4 is 4.74 Å². The van der Waals surface area contributed by atoms with Gasteiger partial charge in [0.05, 0.1) is 24.9 Å². The fourth-order valence-corrected chi connectivity index (χ4v) is 4.12. The van der Waals surface area contributed by atoms with E-state index in [0.717, 1.165) is 29.7 Å². The Bertz CT molecular complexity index is 932. The first-order valence-electron chi connectivity index (χ1n) is 12.1. The van der Waals surface area contributed by atoms with Gasteiger partial charge < -0.3 is 19.3 Å². The Morgan fingerprint density at radius 1 is 1.12 bits per heavy atom. The topological polar surface area (TPSA) is 65.0 Å². The number of hydrogen-bond donors (Lipinski definition) is 1. The highest BCUT2D eigenvalue weighted by Crippen LogP contribution is 2.34. The van der Waals surface area contributed by atoms with Gasteiger partial charge in [-0.3, -0.25) is 0 Å². The van der Waals surface area contributed by atoms with E-state index in [9.17, 15) is 9.18 Å². The number of benzene rings is 2. The molecule has 2 aromatic rings. The summed E-state index contributed by atoms with van der Waals surface area (Å²) in [6.45, 7) is 5.90. The van der Waals surface area contributed by atoms with E-state index >= 15 is 0 Å². The van der Waals surface area contributed by atoms with Gasteiger partial charge in [-0.25, -0.2) is 9.18 Å². The molecule has 0 amide bonds. The number of rotatable bonds is 12. The molecule has 2 aromatic carbocycles. The molecule has 34 heavy (non-hydrogen) atoms. The zero-order valence-electron chi connectivity index (χ0n) is 19.9. The van der Waals surface area contributed by atoms with Crippen LogP contribution >= 0.6 is 0 Å². The number of hydrogen-bond acceptors (Lipinski definition) is 5. The monoisotopic (exact) mass is 470 g/mol. The summed E-state index contributed by atoms with van der Waals surface area (Å²) in [4.78, 5) is 11.4. The lowest BCUT2D eigenvalue weighted by Gasteiger charge is -2.29. The van der Waals surface area contributed by atoms with E-state index < -0.39 is 18.4 Å². The first-order chi connectivity index (χ1) is 16.5. The van der Waals surface area contributed by atoms with Gasteiger partial charge in [0.2, 0.25) is 0 Å². The normalized spacial score (nSPS) is 17.9. The molecule has 2 unspecified atom stereocenters. The Morgan fingerprint density at radius 2 is 1.88 bits per heavy atom. The van der Waals surface area contributed by atoms with Crippen molar-refractivity contribution < 1.29 is 28.5 Å². The maximum atomic E-state index is 14.5. The van der Waals surface area contributed by atoms with Crippen molar-refractivity contribution in [3.05, 3.63) is 66.0 Å². The molecule has 0 saturated carbocycles. The fourth-order valence-electron chi connectivity index (χ4n) is 4.12. The van der Waals surface area contributed by atoms with Gasteiger partial charge in [0.15, 0.2) is 11.6 Å². The van der Waals surface area contributed by atoms with Crippen LogP contribution in [0.1, 0.15) is 57.1 Å². The molecule has 5 nitrogen and oxygen atoms in total. The number of halogens is 1. The van der Waals surface area contributed by atoms with Crippen LogP contribution in [-0.2, 0) is 14.3 Å². The number of aliphatic hydroxyl groups is 1. The second-order valence-corrected chi connectivity index (χ2v) is 8.77. The summed E-state index contributed by atoms with van der Waals surface area (Å²) in [5, 5.41) is 8.83. The molecule has 1 N–H and O–H groups in total. The van der Waals surface area contributed by atoms with Gasteiger partial charge in [0.1, 0.15) is 13.2 Å². The van der Waals surface area contributed by atoms with Gasteiger partial charge in [-0.1, -0.05) is 63.1 Å². The number of carbonyl (C=O) groups excluding carboxylic acids is 1. The third kappa shape index (κ3) is 7.40. The van der Waals surface area contributed by atoms with Crippen LogP contribution in [0.2, 0.25) is 0 Å². The van der Waals surface area contributed by atoms with Crippen LogP contribution in [0.5, 0.6) is 5.75 Å². The maximum absolute atomic E-state index is 14.5.